The molecule has 0 unspecified atom stereocenters. The molecule has 0 aliphatic carbocycles. The van der Waals surface area contributed by atoms with E-state index in [4.69, 9.17) is 0 Å². The molecule has 0 radical (unpaired) electrons. The van der Waals surface area contributed by atoms with Crippen molar-refractivity contribution in [1.82, 2.24) is 9.38 Å². The number of esters is 2. The number of carbonyl (C=O) groups excluding carboxylic acids is 2. The molecule has 0 bridgehead atoms. The Bertz CT molecular complexity index is 735. The van der Waals surface area contributed by atoms with Crippen LogP contribution in [0.15, 0.2) is 29.2 Å². The third-order valence-electron chi connectivity index (χ3n) is 2.73. The van der Waals surface area contributed by atoms with Crippen molar-refractivity contribution in [2.45, 2.75) is 6.42 Å². The first-order valence-corrected chi connectivity index (χ1v) is 5.74. The molecule has 2 aromatic rings. The van der Waals surface area contributed by atoms with E-state index in [1.807, 2.05) is 0 Å². The lowest BCUT2D eigenvalue weighted by Crippen LogP contribution is -2.26. The molecule has 2 aromatic heterocycles. The zero-order valence-corrected chi connectivity index (χ0v) is 11.0. The van der Waals surface area contributed by atoms with Crippen LogP contribution in [0.3, 0.4) is 0 Å². The first-order chi connectivity index (χ1) is 9.58. The van der Waals surface area contributed by atoms with Crippen molar-refractivity contribution >= 4 is 17.5 Å². The van der Waals surface area contributed by atoms with Gasteiger partial charge in [-0.3, -0.25) is 14.0 Å². The monoisotopic (exact) mass is 276 g/mol. The molecule has 104 valence electrons. The highest BCUT2D eigenvalue weighted by molar-refractivity contribution is 5.94. The van der Waals surface area contributed by atoms with Crippen LogP contribution in [0.5, 0.6) is 0 Å². The standard InChI is InChI=1S/C13H12N2O5/c1-19-10(16)7-8-12(17)15-6-4-3-5-9(15)11(14-8)13(18)20-2/h3-6H,7H2,1-2H3. The number of rotatable bonds is 3. The minimum Gasteiger partial charge on any atom is -0.469 e. The topological polar surface area (TPSA) is 87.0 Å². The zero-order chi connectivity index (χ0) is 14.7. The fourth-order valence-corrected chi connectivity index (χ4v) is 1.76. The Morgan fingerprint density at radius 3 is 2.65 bits per heavy atom. The molecule has 0 aliphatic rings. The summed E-state index contributed by atoms with van der Waals surface area (Å²) in [5, 5.41) is 0. The van der Waals surface area contributed by atoms with E-state index < -0.39 is 17.5 Å². The number of methoxy groups -OCH3 is 2. The Hall–Kier alpha value is -2.70. The predicted molar refractivity (Wildman–Crippen MR) is 68.5 cm³/mol. The number of ether oxygens (including phenoxy) is 2. The molecule has 0 N–H and O–H groups in total. The fraction of sp³-hybridized carbons (Fsp3) is 0.231. The quantitative estimate of drug-likeness (QED) is 0.744. The van der Waals surface area contributed by atoms with E-state index >= 15 is 0 Å². The van der Waals surface area contributed by atoms with Gasteiger partial charge in [0.25, 0.3) is 5.56 Å². The van der Waals surface area contributed by atoms with Crippen LogP contribution < -0.4 is 5.56 Å². The van der Waals surface area contributed by atoms with Gasteiger partial charge in [0, 0.05) is 6.20 Å². The Kier molecular flexibility index (Phi) is 3.79. The molecular formula is C13H12N2O5. The Balaban J connectivity index is 2.71. The molecular weight excluding hydrogens is 264 g/mol. The molecule has 0 atom stereocenters. The lowest BCUT2D eigenvalue weighted by atomic mass is 10.2. The summed E-state index contributed by atoms with van der Waals surface area (Å²) in [4.78, 5) is 39.2. The fourth-order valence-electron chi connectivity index (χ4n) is 1.76. The molecule has 0 saturated carbocycles. The number of aromatic nitrogens is 2. The number of pyridine rings is 1. The number of hydrogen-bond donors (Lipinski definition) is 0. The lowest BCUT2D eigenvalue weighted by Gasteiger charge is -2.08. The van der Waals surface area contributed by atoms with E-state index in [-0.39, 0.29) is 17.8 Å². The lowest BCUT2D eigenvalue weighted by molar-refractivity contribution is -0.139. The van der Waals surface area contributed by atoms with Gasteiger partial charge < -0.3 is 9.47 Å². The van der Waals surface area contributed by atoms with Crippen molar-refractivity contribution in [3.8, 4) is 0 Å². The molecule has 0 fully saturated rings. The average Bonchev–Trinajstić information content (AvgIpc) is 2.49. The van der Waals surface area contributed by atoms with Gasteiger partial charge in [-0.2, -0.15) is 0 Å². The van der Waals surface area contributed by atoms with Crippen molar-refractivity contribution < 1.29 is 19.1 Å². The van der Waals surface area contributed by atoms with Crippen LogP contribution >= 0.6 is 0 Å². The maximum Gasteiger partial charge on any atom is 0.358 e. The van der Waals surface area contributed by atoms with Gasteiger partial charge >= 0.3 is 11.9 Å². The number of fused-ring (bicyclic) bond motifs is 1. The summed E-state index contributed by atoms with van der Waals surface area (Å²) in [6.45, 7) is 0. The van der Waals surface area contributed by atoms with Crippen LogP contribution in [-0.2, 0) is 20.7 Å². The van der Waals surface area contributed by atoms with Gasteiger partial charge in [0.15, 0.2) is 5.69 Å². The smallest absolute Gasteiger partial charge is 0.358 e. The highest BCUT2D eigenvalue weighted by Gasteiger charge is 2.19. The third-order valence-corrected chi connectivity index (χ3v) is 2.73. The van der Waals surface area contributed by atoms with Crippen LogP contribution in [-0.4, -0.2) is 35.5 Å². The number of carbonyl (C=O) groups is 2. The Morgan fingerprint density at radius 2 is 2.00 bits per heavy atom. The maximum atomic E-state index is 12.2. The molecule has 20 heavy (non-hydrogen) atoms. The third kappa shape index (κ3) is 2.37. The first kappa shape index (κ1) is 13.7. The summed E-state index contributed by atoms with van der Waals surface area (Å²) >= 11 is 0. The normalized spacial score (nSPS) is 10.3. The van der Waals surface area contributed by atoms with Crippen LogP contribution in [0.25, 0.3) is 5.52 Å². The second-order valence-corrected chi connectivity index (χ2v) is 3.91. The minimum absolute atomic E-state index is 0.0217. The van der Waals surface area contributed by atoms with E-state index in [2.05, 4.69) is 14.5 Å². The summed E-state index contributed by atoms with van der Waals surface area (Å²) in [7, 11) is 2.43. The van der Waals surface area contributed by atoms with Crippen molar-refractivity contribution in [3.63, 3.8) is 0 Å². The van der Waals surface area contributed by atoms with Crippen LogP contribution in [0.2, 0.25) is 0 Å². The van der Waals surface area contributed by atoms with Gasteiger partial charge in [0.2, 0.25) is 0 Å². The molecule has 2 heterocycles. The maximum absolute atomic E-state index is 12.2. The minimum atomic E-state index is -0.681. The summed E-state index contributed by atoms with van der Waals surface area (Å²) in [6.07, 6.45) is 1.18. The SMILES string of the molecule is COC(=O)Cc1nc(C(=O)OC)c2ccccn2c1=O. The van der Waals surface area contributed by atoms with E-state index in [1.54, 1.807) is 18.2 Å². The van der Waals surface area contributed by atoms with Crippen molar-refractivity contribution in [2.24, 2.45) is 0 Å². The van der Waals surface area contributed by atoms with E-state index in [9.17, 15) is 14.4 Å². The van der Waals surface area contributed by atoms with Crippen molar-refractivity contribution in [2.75, 3.05) is 14.2 Å². The number of nitrogens with zero attached hydrogens (tertiary/aromatic N) is 2. The van der Waals surface area contributed by atoms with E-state index in [0.717, 1.165) is 0 Å². The molecule has 7 nitrogen and oxygen atoms in total. The van der Waals surface area contributed by atoms with Gasteiger partial charge in [0.1, 0.15) is 5.69 Å². The second-order valence-electron chi connectivity index (χ2n) is 3.91. The van der Waals surface area contributed by atoms with Gasteiger partial charge in [-0.05, 0) is 12.1 Å². The average molecular weight is 276 g/mol. The highest BCUT2D eigenvalue weighted by Crippen LogP contribution is 2.09. The second kappa shape index (κ2) is 5.52. The highest BCUT2D eigenvalue weighted by atomic mass is 16.5. The molecule has 0 spiro atoms. The first-order valence-electron chi connectivity index (χ1n) is 5.74. The van der Waals surface area contributed by atoms with Crippen LogP contribution in [0.1, 0.15) is 16.2 Å². The molecule has 0 aliphatic heterocycles. The zero-order valence-electron chi connectivity index (χ0n) is 11.0. The largest absolute Gasteiger partial charge is 0.469 e. The molecule has 2 rings (SSSR count). The molecule has 0 aromatic carbocycles. The van der Waals surface area contributed by atoms with Gasteiger partial charge in [-0.1, -0.05) is 6.07 Å². The summed E-state index contributed by atoms with van der Waals surface area (Å²) in [6, 6.07) is 4.88. The van der Waals surface area contributed by atoms with Gasteiger partial charge in [-0.25, -0.2) is 9.78 Å². The molecule has 0 saturated heterocycles. The Morgan fingerprint density at radius 1 is 1.25 bits per heavy atom. The van der Waals surface area contributed by atoms with Crippen LogP contribution in [0, 0.1) is 0 Å². The summed E-state index contributed by atoms with van der Waals surface area (Å²) < 4.78 is 10.4. The number of hydrogen-bond acceptors (Lipinski definition) is 6. The molecule has 0 amide bonds. The summed E-state index contributed by atoms with van der Waals surface area (Å²) in [5.74, 6) is -1.29. The van der Waals surface area contributed by atoms with Crippen molar-refractivity contribution in [3.05, 3.63) is 46.1 Å². The van der Waals surface area contributed by atoms with E-state index in [0.29, 0.717) is 5.52 Å². The van der Waals surface area contributed by atoms with Crippen molar-refractivity contribution in [1.29, 1.82) is 0 Å². The van der Waals surface area contributed by atoms with Crippen LogP contribution in [0.4, 0.5) is 0 Å². The predicted octanol–water partition coefficient (Wildman–Crippen LogP) is 0.197. The molecule has 7 heteroatoms. The van der Waals surface area contributed by atoms with Gasteiger partial charge in [-0.15, -0.1) is 0 Å². The Labute approximate surface area is 113 Å². The van der Waals surface area contributed by atoms with E-state index in [1.165, 1.54) is 24.8 Å². The summed E-state index contributed by atoms with van der Waals surface area (Å²) in [5.41, 5.74) is -0.246. The van der Waals surface area contributed by atoms with Gasteiger partial charge in [0.05, 0.1) is 26.2 Å².